The molecule has 2 aromatic heterocycles. The zero-order valence-corrected chi connectivity index (χ0v) is 20.4. The van der Waals surface area contributed by atoms with Gasteiger partial charge in [0.05, 0.1) is 12.7 Å². The number of aliphatic carboxylic acids is 2. The van der Waals surface area contributed by atoms with Gasteiger partial charge in [-0.15, -0.1) is 13.1 Å². The van der Waals surface area contributed by atoms with E-state index in [0.29, 0.717) is 11.4 Å². The quantitative estimate of drug-likeness (QED) is 0.127. The number of aliphatic imine (C=N–C) groups is 2. The van der Waals surface area contributed by atoms with Crippen molar-refractivity contribution in [2.45, 2.75) is 37.8 Å². The van der Waals surface area contributed by atoms with Crippen LogP contribution in [0.2, 0.25) is 0 Å². The second-order valence-corrected chi connectivity index (χ2v) is 6.32. The summed E-state index contributed by atoms with van der Waals surface area (Å²) < 4.78 is 0. The predicted molar refractivity (Wildman–Crippen MR) is 114 cm³/mol. The largest absolute Gasteiger partial charge is 2.00 e. The number of imidazole rings is 2. The van der Waals surface area contributed by atoms with Gasteiger partial charge in [0.2, 0.25) is 0 Å². The van der Waals surface area contributed by atoms with Gasteiger partial charge in [0, 0.05) is 36.6 Å². The van der Waals surface area contributed by atoms with Crippen LogP contribution in [0.25, 0.3) is 11.5 Å². The summed E-state index contributed by atoms with van der Waals surface area (Å²) in [5.41, 5.74) is 14.9. The van der Waals surface area contributed by atoms with Crippen LogP contribution in [0.3, 0.4) is 0 Å². The van der Waals surface area contributed by atoms with Crippen molar-refractivity contribution in [1.29, 1.82) is 0 Å². The SMILES string of the molecule is [Cu+2].[Cu+2].[NH-]CCC([O-])=NC(Cc1cnc[nH]1)C(=O)O.[NH-]CCC([O-])=NC(Cc1cnc[nH]1)C(=O)O.[OH-].[OH-]. The van der Waals surface area contributed by atoms with E-state index in [1.807, 2.05) is 0 Å². The van der Waals surface area contributed by atoms with E-state index in [4.69, 9.17) is 21.7 Å². The van der Waals surface area contributed by atoms with Crippen LogP contribution in [0.5, 0.6) is 0 Å². The summed E-state index contributed by atoms with van der Waals surface area (Å²) in [6, 6.07) is -2.22. The van der Waals surface area contributed by atoms with Crippen LogP contribution < -0.4 is 10.2 Å². The molecule has 2 aromatic rings. The Morgan fingerprint density at radius 1 is 0.833 bits per heavy atom. The fourth-order valence-corrected chi connectivity index (χ4v) is 2.28. The molecule has 36 heavy (non-hydrogen) atoms. The predicted octanol–water partition coefficient (Wildman–Crippen LogP) is -1.15. The molecule has 0 saturated carbocycles. The summed E-state index contributed by atoms with van der Waals surface area (Å²) in [6.07, 6.45) is 5.93. The molecule has 0 aliphatic heterocycles. The molecular weight excluding hydrogens is 583 g/mol. The molecule has 8 N–H and O–H groups in total. The van der Waals surface area contributed by atoms with Crippen molar-refractivity contribution in [3.05, 3.63) is 47.9 Å². The molecule has 0 spiro atoms. The summed E-state index contributed by atoms with van der Waals surface area (Å²) in [5, 5.41) is 39.9. The second kappa shape index (κ2) is 22.6. The monoisotopic (exact) mass is 608 g/mol. The number of hydrogen-bond acceptors (Lipinski definition) is 10. The Morgan fingerprint density at radius 2 is 1.17 bits per heavy atom. The average molecular weight is 610 g/mol. The van der Waals surface area contributed by atoms with E-state index < -0.39 is 35.8 Å². The van der Waals surface area contributed by atoms with E-state index in [0.717, 1.165) is 0 Å². The molecule has 0 amide bonds. The summed E-state index contributed by atoms with van der Waals surface area (Å²) in [5.74, 6) is -3.43. The molecular formula is C18H26Cu2N8O8-2. The molecule has 0 saturated heterocycles. The Hall–Kier alpha value is -2.82. The molecule has 2 radical (unpaired) electrons. The van der Waals surface area contributed by atoms with Crippen LogP contribution in [-0.4, -0.2) is 90.0 Å². The van der Waals surface area contributed by atoms with E-state index >= 15 is 0 Å². The van der Waals surface area contributed by atoms with Gasteiger partial charge in [0.15, 0.2) is 12.1 Å². The number of nitrogens with zero attached hydrogens (tertiary/aromatic N) is 4. The molecule has 0 bridgehead atoms. The standard InChI is InChI=1S/2C9H13N4O3.2Cu.2H2O/c2*10-2-1-8(14)13-7(9(15)16)3-6-4-11-5-12-6;;;;/h2*4-5,7,10H,1-3H2,(H,11,12)(H,13,14)(H,15,16);;;2*1H2/q2*-1;2*+2;;/p-4. The van der Waals surface area contributed by atoms with Crippen LogP contribution in [0, 0.1) is 0 Å². The molecule has 0 aromatic carbocycles. The number of carboxylic acid groups (broad SMARTS) is 2. The van der Waals surface area contributed by atoms with Crippen LogP contribution >= 0.6 is 0 Å². The topological polar surface area (TPSA) is 310 Å². The third-order valence-electron chi connectivity index (χ3n) is 3.78. The van der Waals surface area contributed by atoms with Gasteiger partial charge in [0.1, 0.15) is 0 Å². The van der Waals surface area contributed by atoms with Crippen LogP contribution in [0.15, 0.2) is 35.0 Å². The molecule has 16 nitrogen and oxygen atoms in total. The minimum Gasteiger partial charge on any atom is -0.870 e. The zero-order chi connectivity index (χ0) is 23.9. The third-order valence-corrected chi connectivity index (χ3v) is 3.78. The van der Waals surface area contributed by atoms with Crippen LogP contribution in [0.1, 0.15) is 24.2 Å². The maximum atomic E-state index is 11.1. The van der Waals surface area contributed by atoms with Crippen molar-refractivity contribution in [3.63, 3.8) is 0 Å². The summed E-state index contributed by atoms with van der Waals surface area (Å²) in [7, 11) is 0. The third kappa shape index (κ3) is 16.7. The number of H-pyrrole nitrogens is 2. The van der Waals surface area contributed by atoms with Gasteiger partial charge in [-0.3, -0.25) is 9.98 Å². The maximum absolute atomic E-state index is 11.1. The van der Waals surface area contributed by atoms with E-state index in [1.54, 1.807) is 0 Å². The van der Waals surface area contributed by atoms with Gasteiger partial charge in [0.25, 0.3) is 0 Å². The molecule has 0 aliphatic carbocycles. The Morgan fingerprint density at radius 3 is 1.39 bits per heavy atom. The summed E-state index contributed by atoms with van der Waals surface area (Å²) >= 11 is 0. The van der Waals surface area contributed by atoms with E-state index in [-0.39, 0.29) is 83.9 Å². The smallest absolute Gasteiger partial charge is 0.870 e. The minimum atomic E-state index is -1.16. The summed E-state index contributed by atoms with van der Waals surface area (Å²) in [6.45, 7) is -0.169. The number of carboxylic acids is 2. The molecule has 2 atom stereocenters. The van der Waals surface area contributed by atoms with Crippen LogP contribution in [-0.2, 0) is 56.6 Å². The number of aromatic nitrogens is 4. The Labute approximate surface area is 227 Å². The number of carbonyl (C=O) groups is 2. The Kier molecular flexibility index (Phi) is 25.4. The van der Waals surface area contributed by atoms with E-state index in [9.17, 15) is 19.8 Å². The molecule has 0 aliphatic rings. The van der Waals surface area contributed by atoms with Crippen molar-refractivity contribution in [2.24, 2.45) is 9.98 Å². The van der Waals surface area contributed by atoms with Crippen molar-refractivity contribution in [1.82, 2.24) is 19.9 Å². The van der Waals surface area contributed by atoms with Gasteiger partial charge in [-0.05, 0) is 24.6 Å². The number of nitrogens with one attached hydrogen (secondary N) is 4. The van der Waals surface area contributed by atoms with Crippen molar-refractivity contribution in [3.8, 4) is 0 Å². The van der Waals surface area contributed by atoms with Crippen molar-refractivity contribution >= 4 is 23.7 Å². The second-order valence-electron chi connectivity index (χ2n) is 6.32. The first-order chi connectivity index (χ1) is 15.3. The first kappa shape index (κ1) is 40.4. The molecule has 0 fully saturated rings. The zero-order valence-electron chi connectivity index (χ0n) is 18.5. The Balaban J connectivity index is -0.000000256. The van der Waals surface area contributed by atoms with Gasteiger partial charge >= 0.3 is 46.1 Å². The Bertz CT molecular complexity index is 810. The van der Waals surface area contributed by atoms with Gasteiger partial charge in [-0.1, -0.05) is 0 Å². The molecule has 210 valence electrons. The number of aromatic amines is 2. The van der Waals surface area contributed by atoms with E-state index in [2.05, 4.69) is 29.9 Å². The molecule has 2 heterocycles. The van der Waals surface area contributed by atoms with Gasteiger partial charge in [-0.2, -0.15) is 0 Å². The molecule has 2 rings (SSSR count). The van der Waals surface area contributed by atoms with Crippen molar-refractivity contribution < 1.29 is 75.1 Å². The fourth-order valence-electron chi connectivity index (χ4n) is 2.28. The maximum Gasteiger partial charge on any atom is 2.00 e. The van der Waals surface area contributed by atoms with Gasteiger partial charge < -0.3 is 52.8 Å². The van der Waals surface area contributed by atoms with Gasteiger partial charge in [-0.25, -0.2) is 19.6 Å². The van der Waals surface area contributed by atoms with Crippen molar-refractivity contribution in [2.75, 3.05) is 13.1 Å². The normalized spacial score (nSPS) is 12.2. The number of rotatable bonds is 12. The van der Waals surface area contributed by atoms with Crippen LogP contribution in [0.4, 0.5) is 0 Å². The fraction of sp³-hybridized carbons (Fsp3) is 0.444. The first-order valence-electron chi connectivity index (χ1n) is 9.43. The number of hydrogen-bond donors (Lipinski definition) is 4. The summed E-state index contributed by atoms with van der Waals surface area (Å²) in [4.78, 5) is 41.7. The molecule has 2 unspecified atom stereocenters. The average Bonchev–Trinajstić information content (AvgIpc) is 3.42. The molecule has 18 heteroatoms. The first-order valence-corrected chi connectivity index (χ1v) is 9.43. The minimum absolute atomic E-state index is 0. The van der Waals surface area contributed by atoms with E-state index in [1.165, 1.54) is 25.0 Å².